The van der Waals surface area contributed by atoms with E-state index in [0.717, 1.165) is 25.8 Å². The summed E-state index contributed by atoms with van der Waals surface area (Å²) in [4.78, 5) is 23.3. The van der Waals surface area contributed by atoms with E-state index in [9.17, 15) is 4.79 Å². The summed E-state index contributed by atoms with van der Waals surface area (Å²) in [5.41, 5.74) is 1.11. The highest BCUT2D eigenvalue weighted by atomic mass is 35.5. The monoisotopic (exact) mass is 378 g/mol. The molecule has 1 aromatic carbocycles. The van der Waals surface area contributed by atoms with Crippen LogP contribution in [0, 0.1) is 0 Å². The van der Waals surface area contributed by atoms with E-state index >= 15 is 0 Å². The second kappa shape index (κ2) is 8.02. The van der Waals surface area contributed by atoms with Crippen molar-refractivity contribution in [3.05, 3.63) is 46.2 Å². The molecule has 1 aromatic heterocycles. The fourth-order valence-electron chi connectivity index (χ4n) is 3.08. The van der Waals surface area contributed by atoms with Gasteiger partial charge in [0, 0.05) is 24.5 Å². The minimum absolute atomic E-state index is 0.0360. The summed E-state index contributed by atoms with van der Waals surface area (Å²) < 4.78 is 0. The molecule has 2 aromatic rings. The van der Waals surface area contributed by atoms with Crippen LogP contribution in [0.1, 0.15) is 43.1 Å². The number of rotatable bonds is 4. The van der Waals surface area contributed by atoms with Gasteiger partial charge in [-0.3, -0.25) is 4.79 Å². The van der Waals surface area contributed by atoms with Crippen LogP contribution >= 0.6 is 23.2 Å². The fourth-order valence-corrected chi connectivity index (χ4v) is 3.38. The standard InChI is InChI=1S/C18H20Cl2N4O/c1-2-13-5-3-4-10-24(13)17(25)16-8-9-21-18(23-16)22-12-6-7-14(19)15(20)11-12/h6-9,11,13H,2-5,10H2,1H3,(H,21,22,23). The number of benzene rings is 1. The summed E-state index contributed by atoms with van der Waals surface area (Å²) in [5, 5.41) is 3.98. The molecule has 1 amide bonds. The number of halogens is 2. The average Bonchev–Trinajstić information content (AvgIpc) is 2.64. The summed E-state index contributed by atoms with van der Waals surface area (Å²) in [6.07, 6.45) is 5.83. The topological polar surface area (TPSA) is 58.1 Å². The number of aromatic nitrogens is 2. The van der Waals surface area contributed by atoms with Crippen LogP contribution in [-0.2, 0) is 0 Å². The Hall–Kier alpha value is -1.85. The van der Waals surface area contributed by atoms with E-state index in [1.54, 1.807) is 30.5 Å². The van der Waals surface area contributed by atoms with Gasteiger partial charge in [0.1, 0.15) is 5.69 Å². The van der Waals surface area contributed by atoms with Gasteiger partial charge < -0.3 is 10.2 Å². The highest BCUT2D eigenvalue weighted by Crippen LogP contribution is 2.26. The number of piperidine rings is 1. The van der Waals surface area contributed by atoms with E-state index in [0.29, 0.717) is 33.4 Å². The molecule has 0 radical (unpaired) electrons. The molecule has 0 bridgehead atoms. The van der Waals surface area contributed by atoms with Gasteiger partial charge in [0.2, 0.25) is 5.95 Å². The zero-order valence-electron chi connectivity index (χ0n) is 14.0. The van der Waals surface area contributed by atoms with Crippen LogP contribution in [0.15, 0.2) is 30.5 Å². The number of likely N-dealkylation sites (tertiary alicyclic amines) is 1. The minimum Gasteiger partial charge on any atom is -0.334 e. The molecule has 1 atom stereocenters. The molecule has 5 nitrogen and oxygen atoms in total. The molecule has 1 fully saturated rings. The normalized spacial score (nSPS) is 17.4. The summed E-state index contributed by atoms with van der Waals surface area (Å²) >= 11 is 11.9. The molecule has 7 heteroatoms. The number of hydrogen-bond acceptors (Lipinski definition) is 4. The number of carbonyl (C=O) groups is 1. The third-order valence-electron chi connectivity index (χ3n) is 4.41. The largest absolute Gasteiger partial charge is 0.334 e. The van der Waals surface area contributed by atoms with Crippen molar-refractivity contribution in [3.8, 4) is 0 Å². The Morgan fingerprint density at radius 1 is 1.28 bits per heavy atom. The van der Waals surface area contributed by atoms with Gasteiger partial charge in [0.05, 0.1) is 10.0 Å². The highest BCUT2D eigenvalue weighted by molar-refractivity contribution is 6.42. The summed E-state index contributed by atoms with van der Waals surface area (Å²) in [7, 11) is 0. The second-order valence-electron chi connectivity index (χ2n) is 6.08. The first-order valence-corrected chi connectivity index (χ1v) is 9.20. The van der Waals surface area contributed by atoms with Gasteiger partial charge in [0.25, 0.3) is 5.91 Å². The first-order valence-electron chi connectivity index (χ1n) is 8.44. The van der Waals surface area contributed by atoms with E-state index in [-0.39, 0.29) is 5.91 Å². The van der Waals surface area contributed by atoms with Crippen LogP contribution in [0.5, 0.6) is 0 Å². The molecule has 1 aliphatic heterocycles. The Balaban J connectivity index is 1.78. The van der Waals surface area contributed by atoms with Crippen molar-refractivity contribution in [2.75, 3.05) is 11.9 Å². The van der Waals surface area contributed by atoms with Crippen LogP contribution in [0.2, 0.25) is 10.0 Å². The average molecular weight is 379 g/mol. The van der Waals surface area contributed by atoms with Gasteiger partial charge in [-0.05, 0) is 49.9 Å². The Labute approximate surface area is 157 Å². The van der Waals surface area contributed by atoms with E-state index in [4.69, 9.17) is 23.2 Å². The van der Waals surface area contributed by atoms with E-state index in [1.807, 2.05) is 4.90 Å². The summed E-state index contributed by atoms with van der Waals surface area (Å²) in [6.45, 7) is 2.91. The maximum absolute atomic E-state index is 12.8. The number of hydrogen-bond donors (Lipinski definition) is 1. The fraction of sp³-hybridized carbons (Fsp3) is 0.389. The van der Waals surface area contributed by atoms with Crippen LogP contribution in [0.3, 0.4) is 0 Å². The molecule has 1 N–H and O–H groups in total. The molecule has 0 spiro atoms. The first-order chi connectivity index (χ1) is 12.1. The van der Waals surface area contributed by atoms with Crippen LogP contribution in [0.25, 0.3) is 0 Å². The maximum atomic E-state index is 12.8. The Morgan fingerprint density at radius 3 is 2.88 bits per heavy atom. The van der Waals surface area contributed by atoms with Crippen LogP contribution in [-0.4, -0.2) is 33.4 Å². The lowest BCUT2D eigenvalue weighted by atomic mass is 9.99. The van der Waals surface area contributed by atoms with Gasteiger partial charge in [0.15, 0.2) is 0 Å². The van der Waals surface area contributed by atoms with Crippen molar-refractivity contribution in [2.45, 2.75) is 38.6 Å². The number of carbonyl (C=O) groups excluding carboxylic acids is 1. The minimum atomic E-state index is -0.0360. The zero-order chi connectivity index (χ0) is 17.8. The molecule has 2 heterocycles. The smallest absolute Gasteiger partial charge is 0.272 e. The first kappa shape index (κ1) is 18.0. The van der Waals surface area contributed by atoms with E-state index in [1.165, 1.54) is 6.42 Å². The molecular weight excluding hydrogens is 359 g/mol. The summed E-state index contributed by atoms with van der Waals surface area (Å²) in [6, 6.07) is 7.12. The van der Waals surface area contributed by atoms with Gasteiger partial charge in [-0.15, -0.1) is 0 Å². The van der Waals surface area contributed by atoms with E-state index in [2.05, 4.69) is 22.2 Å². The third kappa shape index (κ3) is 4.22. The lowest BCUT2D eigenvalue weighted by Gasteiger charge is -2.35. The van der Waals surface area contributed by atoms with E-state index < -0.39 is 0 Å². The van der Waals surface area contributed by atoms with Crippen molar-refractivity contribution in [2.24, 2.45) is 0 Å². The molecule has 1 aliphatic rings. The summed E-state index contributed by atoms with van der Waals surface area (Å²) in [5.74, 6) is 0.320. The van der Waals surface area contributed by atoms with Gasteiger partial charge >= 0.3 is 0 Å². The van der Waals surface area contributed by atoms with Crippen molar-refractivity contribution < 1.29 is 4.79 Å². The quantitative estimate of drug-likeness (QED) is 0.818. The van der Waals surface area contributed by atoms with Gasteiger partial charge in [-0.2, -0.15) is 0 Å². The second-order valence-corrected chi connectivity index (χ2v) is 6.89. The molecule has 132 valence electrons. The maximum Gasteiger partial charge on any atom is 0.272 e. The molecule has 25 heavy (non-hydrogen) atoms. The van der Waals surface area contributed by atoms with Crippen molar-refractivity contribution in [1.29, 1.82) is 0 Å². The lowest BCUT2D eigenvalue weighted by Crippen LogP contribution is -2.43. The zero-order valence-corrected chi connectivity index (χ0v) is 15.5. The molecule has 3 rings (SSSR count). The molecular formula is C18H20Cl2N4O. The number of nitrogens with zero attached hydrogens (tertiary/aromatic N) is 3. The molecule has 0 aliphatic carbocycles. The Bertz CT molecular complexity index is 768. The van der Waals surface area contributed by atoms with Gasteiger partial charge in [-0.1, -0.05) is 30.1 Å². The Morgan fingerprint density at radius 2 is 2.12 bits per heavy atom. The predicted molar refractivity (Wildman–Crippen MR) is 101 cm³/mol. The molecule has 0 saturated carbocycles. The van der Waals surface area contributed by atoms with Crippen molar-refractivity contribution >= 4 is 40.7 Å². The van der Waals surface area contributed by atoms with Crippen LogP contribution in [0.4, 0.5) is 11.6 Å². The van der Waals surface area contributed by atoms with Crippen molar-refractivity contribution in [3.63, 3.8) is 0 Å². The third-order valence-corrected chi connectivity index (χ3v) is 5.15. The number of amides is 1. The number of anilines is 2. The number of nitrogens with one attached hydrogen (secondary N) is 1. The predicted octanol–water partition coefficient (Wildman–Crippen LogP) is 4.93. The molecule has 1 saturated heterocycles. The van der Waals surface area contributed by atoms with Crippen molar-refractivity contribution in [1.82, 2.24) is 14.9 Å². The Kier molecular flexibility index (Phi) is 5.76. The lowest BCUT2D eigenvalue weighted by molar-refractivity contribution is 0.0602. The highest BCUT2D eigenvalue weighted by Gasteiger charge is 2.27. The van der Waals surface area contributed by atoms with Gasteiger partial charge in [-0.25, -0.2) is 9.97 Å². The SMILES string of the molecule is CCC1CCCCN1C(=O)c1ccnc(Nc2ccc(Cl)c(Cl)c2)n1. The van der Waals surface area contributed by atoms with Crippen LogP contribution < -0.4 is 5.32 Å². The molecule has 1 unspecified atom stereocenters.